The molecular formula is C11H14N2. The topological polar surface area (TPSA) is 49.8 Å². The van der Waals surface area contributed by atoms with E-state index in [-0.39, 0.29) is 0 Å². The maximum Gasteiger partial charge on any atom is 0.129 e. The van der Waals surface area contributed by atoms with Gasteiger partial charge in [-0.05, 0) is 18.9 Å². The van der Waals surface area contributed by atoms with Gasteiger partial charge in [-0.25, -0.2) is 0 Å². The Morgan fingerprint density at radius 1 is 1.38 bits per heavy atom. The van der Waals surface area contributed by atoms with Crippen molar-refractivity contribution in [1.82, 2.24) is 0 Å². The minimum absolute atomic E-state index is 0.632. The predicted molar refractivity (Wildman–Crippen MR) is 52.9 cm³/mol. The average molecular weight is 174 g/mol. The van der Waals surface area contributed by atoms with Gasteiger partial charge in [-0.15, -0.1) is 0 Å². The lowest BCUT2D eigenvalue weighted by Gasteiger charge is -2.19. The van der Waals surface area contributed by atoms with Gasteiger partial charge in [0.05, 0.1) is 6.07 Å². The molecule has 13 heavy (non-hydrogen) atoms. The van der Waals surface area contributed by atoms with E-state index in [4.69, 9.17) is 11.0 Å². The fraction of sp³-hybridized carbons (Fsp3) is 0.364. The summed E-state index contributed by atoms with van der Waals surface area (Å²) in [4.78, 5) is 0. The number of benzene rings is 1. The maximum atomic E-state index is 8.93. The molecule has 1 rings (SSSR count). The van der Waals surface area contributed by atoms with Crippen LogP contribution in [-0.2, 0) is 5.54 Å². The third-order valence-corrected chi connectivity index (χ3v) is 2.32. The first-order chi connectivity index (χ1) is 6.12. The van der Waals surface area contributed by atoms with Crippen LogP contribution >= 0.6 is 0 Å². The molecule has 0 bridgehead atoms. The van der Waals surface area contributed by atoms with Gasteiger partial charge < -0.3 is 5.73 Å². The summed E-state index contributed by atoms with van der Waals surface area (Å²) in [5.41, 5.74) is 7.15. The van der Waals surface area contributed by atoms with E-state index in [2.05, 4.69) is 6.07 Å². The first-order valence-electron chi connectivity index (χ1n) is 4.39. The van der Waals surface area contributed by atoms with E-state index in [1.54, 1.807) is 0 Å². The minimum Gasteiger partial charge on any atom is -0.310 e. The Morgan fingerprint density at radius 3 is 2.31 bits per heavy atom. The lowest BCUT2D eigenvalue weighted by Crippen LogP contribution is -2.33. The second kappa shape index (κ2) is 3.59. The van der Waals surface area contributed by atoms with Crippen LogP contribution < -0.4 is 5.73 Å². The molecule has 0 aromatic heterocycles. The smallest absolute Gasteiger partial charge is 0.129 e. The van der Waals surface area contributed by atoms with Crippen molar-refractivity contribution in [3.05, 3.63) is 35.4 Å². The molecular weight excluding hydrogens is 160 g/mol. The van der Waals surface area contributed by atoms with Gasteiger partial charge in [0.2, 0.25) is 0 Å². The number of hydrogen-bond donors (Lipinski definition) is 1. The van der Waals surface area contributed by atoms with Crippen LogP contribution in [0.25, 0.3) is 0 Å². The molecule has 1 aromatic rings. The van der Waals surface area contributed by atoms with Gasteiger partial charge in [0, 0.05) is 0 Å². The molecule has 0 amide bonds. The molecule has 1 atom stereocenters. The van der Waals surface area contributed by atoms with E-state index < -0.39 is 5.54 Å². The molecule has 0 saturated heterocycles. The molecule has 68 valence electrons. The van der Waals surface area contributed by atoms with Gasteiger partial charge in [-0.2, -0.15) is 5.26 Å². The van der Waals surface area contributed by atoms with Crippen LogP contribution in [0.2, 0.25) is 0 Å². The van der Waals surface area contributed by atoms with Crippen LogP contribution in [0.5, 0.6) is 0 Å². The van der Waals surface area contributed by atoms with Crippen molar-refractivity contribution in [2.45, 2.75) is 25.8 Å². The SMILES string of the molecule is CCC(N)(C#N)c1ccc(C)cc1. The Bertz CT molecular complexity index is 321. The number of nitriles is 1. The van der Waals surface area contributed by atoms with E-state index in [0.717, 1.165) is 5.56 Å². The maximum absolute atomic E-state index is 8.93. The van der Waals surface area contributed by atoms with Gasteiger partial charge in [-0.3, -0.25) is 0 Å². The Balaban J connectivity index is 3.08. The molecule has 1 unspecified atom stereocenters. The Labute approximate surface area is 79.0 Å². The van der Waals surface area contributed by atoms with E-state index in [1.165, 1.54) is 5.56 Å². The highest BCUT2D eigenvalue weighted by atomic mass is 14.7. The molecule has 2 N–H and O–H groups in total. The summed E-state index contributed by atoms with van der Waals surface area (Å²) in [6.07, 6.45) is 0.632. The van der Waals surface area contributed by atoms with E-state index >= 15 is 0 Å². The fourth-order valence-corrected chi connectivity index (χ4v) is 1.20. The largest absolute Gasteiger partial charge is 0.310 e. The summed E-state index contributed by atoms with van der Waals surface area (Å²) >= 11 is 0. The van der Waals surface area contributed by atoms with Crippen LogP contribution in [0, 0.1) is 18.3 Å². The van der Waals surface area contributed by atoms with Gasteiger partial charge in [0.25, 0.3) is 0 Å². The Kier molecular flexibility index (Phi) is 2.69. The lowest BCUT2D eigenvalue weighted by atomic mass is 9.89. The fourth-order valence-electron chi connectivity index (χ4n) is 1.20. The third kappa shape index (κ3) is 1.88. The van der Waals surface area contributed by atoms with Gasteiger partial charge in [0.1, 0.15) is 5.54 Å². The van der Waals surface area contributed by atoms with Crippen molar-refractivity contribution < 1.29 is 0 Å². The first kappa shape index (κ1) is 9.76. The molecule has 2 heteroatoms. The van der Waals surface area contributed by atoms with Crippen molar-refractivity contribution in [3.8, 4) is 6.07 Å². The van der Waals surface area contributed by atoms with Crippen molar-refractivity contribution in [3.63, 3.8) is 0 Å². The van der Waals surface area contributed by atoms with E-state index in [0.29, 0.717) is 6.42 Å². The molecule has 1 aromatic carbocycles. The van der Waals surface area contributed by atoms with Crippen LogP contribution in [0.4, 0.5) is 0 Å². The van der Waals surface area contributed by atoms with Gasteiger partial charge in [0.15, 0.2) is 0 Å². The van der Waals surface area contributed by atoms with E-state index in [9.17, 15) is 0 Å². The van der Waals surface area contributed by atoms with Crippen LogP contribution in [0.15, 0.2) is 24.3 Å². The number of nitrogens with zero attached hydrogens (tertiary/aromatic N) is 1. The second-order valence-corrected chi connectivity index (χ2v) is 3.30. The molecule has 0 heterocycles. The zero-order valence-electron chi connectivity index (χ0n) is 8.04. The highest BCUT2D eigenvalue weighted by molar-refractivity contribution is 5.32. The first-order valence-corrected chi connectivity index (χ1v) is 4.39. The number of nitrogens with two attached hydrogens (primary N) is 1. The number of hydrogen-bond acceptors (Lipinski definition) is 2. The average Bonchev–Trinajstić information content (AvgIpc) is 2.18. The molecule has 2 nitrogen and oxygen atoms in total. The summed E-state index contributed by atoms with van der Waals surface area (Å²) in [7, 11) is 0. The van der Waals surface area contributed by atoms with Crippen molar-refractivity contribution >= 4 is 0 Å². The summed E-state index contributed by atoms with van der Waals surface area (Å²) < 4.78 is 0. The zero-order valence-corrected chi connectivity index (χ0v) is 8.04. The van der Waals surface area contributed by atoms with Crippen LogP contribution in [0.3, 0.4) is 0 Å². The molecule has 0 aliphatic rings. The normalized spacial score (nSPS) is 14.6. The third-order valence-electron chi connectivity index (χ3n) is 2.32. The van der Waals surface area contributed by atoms with Crippen molar-refractivity contribution in [1.29, 1.82) is 5.26 Å². The highest BCUT2D eigenvalue weighted by Crippen LogP contribution is 2.21. The van der Waals surface area contributed by atoms with Gasteiger partial charge in [-0.1, -0.05) is 36.8 Å². The minimum atomic E-state index is -0.826. The van der Waals surface area contributed by atoms with E-state index in [1.807, 2.05) is 38.1 Å². The quantitative estimate of drug-likeness (QED) is 0.746. The lowest BCUT2D eigenvalue weighted by molar-refractivity contribution is 0.555. The van der Waals surface area contributed by atoms with Crippen LogP contribution in [0.1, 0.15) is 24.5 Å². The number of rotatable bonds is 2. The second-order valence-electron chi connectivity index (χ2n) is 3.30. The van der Waals surface area contributed by atoms with Crippen molar-refractivity contribution in [2.24, 2.45) is 5.73 Å². The molecule has 0 aliphatic heterocycles. The molecule has 0 radical (unpaired) electrons. The summed E-state index contributed by atoms with van der Waals surface area (Å²) in [6.45, 7) is 3.93. The predicted octanol–water partition coefficient (Wildman–Crippen LogP) is 2.08. The van der Waals surface area contributed by atoms with Gasteiger partial charge >= 0.3 is 0 Å². The Morgan fingerprint density at radius 2 is 1.92 bits per heavy atom. The van der Waals surface area contributed by atoms with Crippen LogP contribution in [-0.4, -0.2) is 0 Å². The molecule has 0 saturated carbocycles. The summed E-state index contributed by atoms with van der Waals surface area (Å²) in [5.74, 6) is 0. The van der Waals surface area contributed by atoms with Crippen molar-refractivity contribution in [2.75, 3.05) is 0 Å². The molecule has 0 fully saturated rings. The molecule has 0 aliphatic carbocycles. The molecule has 0 spiro atoms. The Hall–Kier alpha value is -1.33. The monoisotopic (exact) mass is 174 g/mol. The number of aryl methyl sites for hydroxylation is 1. The summed E-state index contributed by atoms with van der Waals surface area (Å²) in [6, 6.07) is 9.93. The summed E-state index contributed by atoms with van der Waals surface area (Å²) in [5, 5.41) is 8.93. The highest BCUT2D eigenvalue weighted by Gasteiger charge is 2.23. The standard InChI is InChI=1S/C11H14N2/c1-3-11(13,8-12)10-6-4-9(2)5-7-10/h4-7H,3,13H2,1-2H3. The zero-order chi connectivity index (χ0) is 9.90.